The number of hydrogen-bond acceptors (Lipinski definition) is 13. The molecule has 81 heavy (non-hydrogen) atoms. The molecule has 12 unspecified atom stereocenters. The van der Waals surface area contributed by atoms with E-state index in [1.54, 1.807) is 6.08 Å². The second-order valence-corrected chi connectivity index (χ2v) is 23.9. The van der Waals surface area contributed by atoms with Gasteiger partial charge in [0, 0.05) is 6.42 Å². The van der Waals surface area contributed by atoms with Crippen molar-refractivity contribution in [1.29, 1.82) is 0 Å². The first-order chi connectivity index (χ1) is 39.6. The average Bonchev–Trinajstić information content (AvgIpc) is 3.55. The van der Waals surface area contributed by atoms with E-state index in [-0.39, 0.29) is 18.9 Å². The summed E-state index contributed by atoms with van der Waals surface area (Å²) in [6, 6.07) is -0.928. The molecule has 0 spiro atoms. The molecule has 2 saturated heterocycles. The van der Waals surface area contributed by atoms with Gasteiger partial charge in [0.1, 0.15) is 48.8 Å². The lowest BCUT2D eigenvalue weighted by atomic mass is 9.97. The number of carbonyl (C=O) groups excluding carboxylic acids is 1. The topological polar surface area (TPSA) is 228 Å². The molecule has 2 rings (SSSR count). The Morgan fingerprint density at radius 1 is 0.432 bits per heavy atom. The summed E-state index contributed by atoms with van der Waals surface area (Å²) in [4.78, 5) is 13.2. The highest BCUT2D eigenvalue weighted by atomic mass is 16.7. The highest BCUT2D eigenvalue weighted by Gasteiger charge is 2.51. The van der Waals surface area contributed by atoms with Crippen molar-refractivity contribution in [2.75, 3.05) is 19.8 Å². The maximum atomic E-state index is 13.2. The molecular weight excluding hydrogens is 1030 g/mol. The zero-order valence-electron chi connectivity index (χ0n) is 51.5. The molecule has 2 fully saturated rings. The molecule has 0 bridgehead atoms. The zero-order valence-corrected chi connectivity index (χ0v) is 51.5. The van der Waals surface area contributed by atoms with Crippen molar-refractivity contribution in [1.82, 2.24) is 5.32 Å². The van der Waals surface area contributed by atoms with Gasteiger partial charge in [0.15, 0.2) is 12.6 Å². The van der Waals surface area contributed by atoms with Gasteiger partial charge in [-0.3, -0.25) is 4.79 Å². The number of allylic oxidation sites excluding steroid dienone is 5. The molecule has 2 heterocycles. The van der Waals surface area contributed by atoms with Gasteiger partial charge in [-0.1, -0.05) is 262 Å². The van der Waals surface area contributed by atoms with E-state index in [4.69, 9.17) is 18.9 Å². The minimum atomic E-state index is -1.79. The summed E-state index contributed by atoms with van der Waals surface area (Å²) >= 11 is 0. The van der Waals surface area contributed by atoms with Crippen LogP contribution in [0.1, 0.15) is 290 Å². The fourth-order valence-corrected chi connectivity index (χ4v) is 11.1. The summed E-state index contributed by atoms with van der Waals surface area (Å²) in [7, 11) is 0. The van der Waals surface area contributed by atoms with Crippen molar-refractivity contribution in [3.63, 3.8) is 0 Å². The van der Waals surface area contributed by atoms with Crippen LogP contribution in [0.15, 0.2) is 36.5 Å². The molecule has 0 aliphatic carbocycles. The molecule has 9 N–H and O–H groups in total. The smallest absolute Gasteiger partial charge is 0.220 e. The molecule has 14 heteroatoms. The Labute approximate surface area is 493 Å². The Balaban J connectivity index is 1.54. The van der Waals surface area contributed by atoms with Gasteiger partial charge in [0.2, 0.25) is 5.91 Å². The Morgan fingerprint density at radius 3 is 1.22 bits per heavy atom. The average molecular weight is 1150 g/mol. The van der Waals surface area contributed by atoms with Crippen LogP contribution in [0, 0.1) is 0 Å². The van der Waals surface area contributed by atoms with Crippen molar-refractivity contribution in [3.05, 3.63) is 36.5 Å². The summed E-state index contributed by atoms with van der Waals surface area (Å²) < 4.78 is 22.7. The van der Waals surface area contributed by atoms with Crippen LogP contribution in [-0.4, -0.2) is 140 Å². The Bertz CT molecular complexity index is 1500. The fraction of sp³-hybridized carbons (Fsp3) is 0.896. The minimum absolute atomic E-state index is 0.247. The number of aliphatic hydroxyl groups is 8. The molecule has 2 aliphatic rings. The predicted octanol–water partition coefficient (Wildman–Crippen LogP) is 13.0. The van der Waals surface area contributed by atoms with E-state index in [1.165, 1.54) is 225 Å². The Morgan fingerprint density at radius 2 is 0.790 bits per heavy atom. The Hall–Kier alpha value is -1.79. The van der Waals surface area contributed by atoms with Gasteiger partial charge < -0.3 is 65.1 Å². The minimum Gasteiger partial charge on any atom is -0.394 e. The highest BCUT2D eigenvalue weighted by Crippen LogP contribution is 2.30. The summed E-state index contributed by atoms with van der Waals surface area (Å²) in [6.07, 6.45) is 49.7. The molecule has 0 aromatic heterocycles. The molecule has 1 amide bonds. The first kappa shape index (κ1) is 75.3. The number of aliphatic hydroxyl groups excluding tert-OH is 8. The quantitative estimate of drug-likeness (QED) is 0.0204. The van der Waals surface area contributed by atoms with E-state index in [9.17, 15) is 45.6 Å². The number of hydrogen-bond donors (Lipinski definition) is 9. The van der Waals surface area contributed by atoms with E-state index in [0.29, 0.717) is 12.8 Å². The fourth-order valence-electron chi connectivity index (χ4n) is 11.1. The first-order valence-corrected chi connectivity index (χ1v) is 33.7. The van der Waals surface area contributed by atoms with Gasteiger partial charge in [0.25, 0.3) is 0 Å². The third kappa shape index (κ3) is 37.4. The van der Waals surface area contributed by atoms with Crippen LogP contribution >= 0.6 is 0 Å². The molecule has 0 radical (unpaired) electrons. The van der Waals surface area contributed by atoms with Gasteiger partial charge in [0.05, 0.1) is 32.0 Å². The predicted molar refractivity (Wildman–Crippen MR) is 328 cm³/mol. The standard InChI is InChI=1S/C67H125NO13/c1-3-5-7-9-11-13-15-16-17-18-19-20-21-22-23-24-25-26-27-28-29-30-31-32-33-34-35-36-37-38-39-40-41-43-45-47-49-51-59(72)68-55(56(71)50-48-46-44-42-14-12-10-8-6-4-2)54-78-66-64(77)62(75)65(58(53-70)80-66)81-67-63(76)61(74)60(73)57(52-69)79-67/h14,18-19,42,48,50,55-58,60-67,69-71,73-77H,3-13,15-17,20-41,43-47,49,51-54H2,1-2H3,(H,68,72)/b19-18-,42-14+,50-48+. The number of unbranched alkanes of at least 4 members (excludes halogenated alkanes) is 38. The monoisotopic (exact) mass is 1150 g/mol. The van der Waals surface area contributed by atoms with Crippen LogP contribution in [0.2, 0.25) is 0 Å². The van der Waals surface area contributed by atoms with Crippen molar-refractivity contribution in [2.45, 2.75) is 364 Å². The van der Waals surface area contributed by atoms with Crippen molar-refractivity contribution >= 4 is 5.91 Å². The van der Waals surface area contributed by atoms with Gasteiger partial charge in [-0.05, 0) is 57.8 Å². The molecule has 476 valence electrons. The van der Waals surface area contributed by atoms with Crippen molar-refractivity contribution in [3.8, 4) is 0 Å². The van der Waals surface area contributed by atoms with Gasteiger partial charge >= 0.3 is 0 Å². The van der Waals surface area contributed by atoms with Crippen LogP contribution in [0.5, 0.6) is 0 Å². The van der Waals surface area contributed by atoms with Gasteiger partial charge in [-0.25, -0.2) is 0 Å². The normalized spacial score (nSPS) is 24.3. The zero-order chi connectivity index (χ0) is 58.8. The number of ether oxygens (including phenoxy) is 4. The maximum absolute atomic E-state index is 13.2. The van der Waals surface area contributed by atoms with Crippen LogP contribution in [0.4, 0.5) is 0 Å². The third-order valence-electron chi connectivity index (χ3n) is 16.5. The maximum Gasteiger partial charge on any atom is 0.220 e. The summed E-state index contributed by atoms with van der Waals surface area (Å²) in [5.41, 5.74) is 0. The highest BCUT2D eigenvalue weighted by molar-refractivity contribution is 5.76. The van der Waals surface area contributed by atoms with Crippen LogP contribution in [0.25, 0.3) is 0 Å². The van der Waals surface area contributed by atoms with Crippen molar-refractivity contribution < 1.29 is 64.6 Å². The first-order valence-electron chi connectivity index (χ1n) is 33.7. The Kier molecular flexibility index (Phi) is 48.8. The van der Waals surface area contributed by atoms with E-state index in [0.717, 1.165) is 32.1 Å². The molecule has 12 atom stereocenters. The summed E-state index contributed by atoms with van der Waals surface area (Å²) in [6.45, 7) is 2.75. The summed E-state index contributed by atoms with van der Waals surface area (Å²) in [5, 5.41) is 86.9. The number of rotatable bonds is 55. The summed E-state index contributed by atoms with van der Waals surface area (Å²) in [5.74, 6) is -0.247. The van der Waals surface area contributed by atoms with E-state index in [2.05, 4.69) is 43.5 Å². The van der Waals surface area contributed by atoms with Crippen LogP contribution < -0.4 is 5.32 Å². The second-order valence-electron chi connectivity index (χ2n) is 23.9. The third-order valence-corrected chi connectivity index (χ3v) is 16.5. The van der Waals surface area contributed by atoms with Gasteiger partial charge in [-0.15, -0.1) is 0 Å². The van der Waals surface area contributed by atoms with E-state index >= 15 is 0 Å². The van der Waals surface area contributed by atoms with Crippen molar-refractivity contribution in [2.24, 2.45) is 0 Å². The molecule has 14 nitrogen and oxygen atoms in total. The lowest BCUT2D eigenvalue weighted by molar-refractivity contribution is -0.359. The van der Waals surface area contributed by atoms with E-state index in [1.807, 2.05) is 6.08 Å². The van der Waals surface area contributed by atoms with Crippen LogP contribution in [0.3, 0.4) is 0 Å². The molecule has 0 saturated carbocycles. The molecule has 0 aromatic rings. The molecule has 2 aliphatic heterocycles. The number of carbonyl (C=O) groups is 1. The lowest BCUT2D eigenvalue weighted by Crippen LogP contribution is -2.65. The lowest BCUT2D eigenvalue weighted by Gasteiger charge is -2.46. The van der Waals surface area contributed by atoms with E-state index < -0.39 is 86.8 Å². The van der Waals surface area contributed by atoms with Gasteiger partial charge in [-0.2, -0.15) is 0 Å². The van der Waals surface area contributed by atoms with Crippen LogP contribution in [-0.2, 0) is 23.7 Å². The largest absolute Gasteiger partial charge is 0.394 e. The number of nitrogens with one attached hydrogen (secondary N) is 1. The molecule has 0 aromatic carbocycles. The SMILES string of the molecule is CCCCCC/C=C/CC/C=C/C(O)C(COC1OC(CO)C(OC2OC(CO)C(O)C(O)C2O)C(O)C1O)NC(=O)CCCCCCCCCCCCCCCCCCCCCCCCCCC/C=C\CCCCCCCCCC. The second kappa shape index (κ2) is 52.5. The number of amides is 1. The molecular formula is C67H125NO13.